The molecule has 1 N–H and O–H groups in total. The Balaban J connectivity index is 1.65. The topological polar surface area (TPSA) is 46.4 Å². The van der Waals surface area contributed by atoms with E-state index in [-0.39, 0.29) is 5.91 Å². The normalized spacial score (nSPS) is 10.9. The zero-order chi connectivity index (χ0) is 14.5. The predicted molar refractivity (Wildman–Crippen MR) is 85.1 cm³/mol. The third-order valence-corrected chi connectivity index (χ3v) is 3.76. The highest BCUT2D eigenvalue weighted by molar-refractivity contribution is 7.12. The Kier molecular flexibility index (Phi) is 3.93. The number of hydrazone groups is 1. The number of rotatable bonds is 4. The van der Waals surface area contributed by atoms with Gasteiger partial charge in [0, 0.05) is 23.6 Å². The third kappa shape index (κ3) is 3.27. The van der Waals surface area contributed by atoms with Crippen LogP contribution in [0.2, 0.25) is 0 Å². The summed E-state index contributed by atoms with van der Waals surface area (Å²) < 4.78 is 2.00. The molecule has 0 saturated carbocycles. The standard InChI is InChI=1S/C16H13N3OS/c20-16(15-7-4-10-21-15)18-17-11-13-8-9-19(12-13)14-5-2-1-3-6-14/h1-12H,(H,18,20)/b17-11+. The minimum absolute atomic E-state index is 0.191. The van der Waals surface area contributed by atoms with Crippen molar-refractivity contribution in [2.45, 2.75) is 0 Å². The van der Waals surface area contributed by atoms with Crippen LogP contribution < -0.4 is 5.43 Å². The van der Waals surface area contributed by atoms with Crippen LogP contribution in [0, 0.1) is 0 Å². The second kappa shape index (κ2) is 6.19. The Morgan fingerprint density at radius 2 is 2.00 bits per heavy atom. The number of para-hydroxylation sites is 1. The molecule has 0 bridgehead atoms. The number of hydrogen-bond acceptors (Lipinski definition) is 3. The number of benzene rings is 1. The van der Waals surface area contributed by atoms with Crippen LogP contribution in [0.5, 0.6) is 0 Å². The van der Waals surface area contributed by atoms with Gasteiger partial charge in [-0.2, -0.15) is 5.10 Å². The molecule has 3 rings (SSSR count). The SMILES string of the molecule is O=C(N/N=C/c1ccn(-c2ccccc2)c1)c1cccs1. The van der Waals surface area contributed by atoms with E-state index >= 15 is 0 Å². The Bertz CT molecular complexity index is 745. The van der Waals surface area contributed by atoms with Gasteiger partial charge < -0.3 is 4.57 Å². The van der Waals surface area contributed by atoms with E-state index in [1.165, 1.54) is 11.3 Å². The van der Waals surface area contributed by atoms with Gasteiger partial charge in [0.25, 0.3) is 5.91 Å². The molecule has 1 aromatic carbocycles. The summed E-state index contributed by atoms with van der Waals surface area (Å²) in [6.45, 7) is 0. The van der Waals surface area contributed by atoms with Gasteiger partial charge in [0.05, 0.1) is 11.1 Å². The van der Waals surface area contributed by atoms with Crippen LogP contribution >= 0.6 is 11.3 Å². The highest BCUT2D eigenvalue weighted by Gasteiger charge is 2.03. The Morgan fingerprint density at radius 1 is 1.14 bits per heavy atom. The molecule has 4 nitrogen and oxygen atoms in total. The van der Waals surface area contributed by atoms with E-state index in [0.29, 0.717) is 4.88 Å². The van der Waals surface area contributed by atoms with Gasteiger partial charge in [-0.25, -0.2) is 5.43 Å². The quantitative estimate of drug-likeness (QED) is 0.582. The lowest BCUT2D eigenvalue weighted by Crippen LogP contribution is -2.15. The minimum Gasteiger partial charge on any atom is -0.323 e. The summed E-state index contributed by atoms with van der Waals surface area (Å²) in [7, 11) is 0. The van der Waals surface area contributed by atoms with Crippen molar-refractivity contribution < 1.29 is 4.79 Å². The van der Waals surface area contributed by atoms with Gasteiger partial charge in [-0.3, -0.25) is 4.79 Å². The number of carbonyl (C=O) groups excluding carboxylic acids is 1. The van der Waals surface area contributed by atoms with Crippen molar-refractivity contribution in [1.82, 2.24) is 9.99 Å². The molecule has 5 heteroatoms. The van der Waals surface area contributed by atoms with Crippen LogP contribution in [-0.2, 0) is 0 Å². The maximum absolute atomic E-state index is 11.7. The summed E-state index contributed by atoms with van der Waals surface area (Å²) in [6.07, 6.45) is 5.54. The Hall–Kier alpha value is -2.66. The number of aromatic nitrogens is 1. The Morgan fingerprint density at radius 3 is 2.76 bits per heavy atom. The first-order chi connectivity index (χ1) is 10.3. The average Bonchev–Trinajstić information content (AvgIpc) is 3.20. The lowest BCUT2D eigenvalue weighted by atomic mass is 10.3. The van der Waals surface area contributed by atoms with Crippen molar-refractivity contribution in [2.75, 3.05) is 0 Å². The molecule has 0 aliphatic heterocycles. The summed E-state index contributed by atoms with van der Waals surface area (Å²) in [5.41, 5.74) is 4.52. The zero-order valence-electron chi connectivity index (χ0n) is 11.1. The number of carbonyl (C=O) groups is 1. The van der Waals surface area contributed by atoms with E-state index in [4.69, 9.17) is 0 Å². The maximum atomic E-state index is 11.7. The van der Waals surface area contributed by atoms with Gasteiger partial charge in [0.1, 0.15) is 0 Å². The molecular formula is C16H13N3OS. The number of nitrogens with one attached hydrogen (secondary N) is 1. The number of nitrogens with zero attached hydrogens (tertiary/aromatic N) is 2. The van der Waals surface area contributed by atoms with Crippen molar-refractivity contribution in [1.29, 1.82) is 0 Å². The first kappa shape index (κ1) is 13.3. The van der Waals surface area contributed by atoms with Gasteiger partial charge in [-0.15, -0.1) is 11.3 Å². The van der Waals surface area contributed by atoms with Gasteiger partial charge >= 0.3 is 0 Å². The molecule has 2 heterocycles. The molecule has 0 saturated heterocycles. The van der Waals surface area contributed by atoms with Crippen molar-refractivity contribution in [2.24, 2.45) is 5.10 Å². The van der Waals surface area contributed by atoms with Crippen LogP contribution in [0.1, 0.15) is 15.2 Å². The molecule has 0 unspecified atom stereocenters. The van der Waals surface area contributed by atoms with Gasteiger partial charge in [0.2, 0.25) is 0 Å². The van der Waals surface area contributed by atoms with Gasteiger partial charge in [-0.05, 0) is 29.6 Å². The number of thiophene rings is 1. The summed E-state index contributed by atoms with van der Waals surface area (Å²) >= 11 is 1.39. The number of hydrogen-bond donors (Lipinski definition) is 1. The van der Waals surface area contributed by atoms with Gasteiger partial charge in [-0.1, -0.05) is 24.3 Å². The van der Waals surface area contributed by atoms with E-state index in [1.54, 1.807) is 12.3 Å². The first-order valence-corrected chi connectivity index (χ1v) is 7.31. The lowest BCUT2D eigenvalue weighted by molar-refractivity contribution is 0.0959. The molecule has 0 aliphatic rings. The Labute approximate surface area is 126 Å². The molecule has 0 fully saturated rings. The van der Waals surface area contributed by atoms with E-state index in [0.717, 1.165) is 11.3 Å². The molecule has 2 aromatic heterocycles. The second-order valence-electron chi connectivity index (χ2n) is 4.36. The third-order valence-electron chi connectivity index (χ3n) is 2.89. The molecule has 21 heavy (non-hydrogen) atoms. The zero-order valence-corrected chi connectivity index (χ0v) is 12.0. The van der Waals surface area contributed by atoms with Crippen LogP contribution in [0.15, 0.2) is 71.4 Å². The number of amides is 1. The maximum Gasteiger partial charge on any atom is 0.281 e. The van der Waals surface area contributed by atoms with Crippen molar-refractivity contribution in [3.63, 3.8) is 0 Å². The molecule has 3 aromatic rings. The molecule has 0 aliphatic carbocycles. The molecule has 0 radical (unpaired) electrons. The highest BCUT2D eigenvalue weighted by Crippen LogP contribution is 2.09. The fraction of sp³-hybridized carbons (Fsp3) is 0. The van der Waals surface area contributed by atoms with E-state index < -0.39 is 0 Å². The molecule has 104 valence electrons. The lowest BCUT2D eigenvalue weighted by Gasteiger charge is -2.00. The molecule has 1 amide bonds. The van der Waals surface area contributed by atoms with Crippen LogP contribution in [0.3, 0.4) is 0 Å². The fourth-order valence-electron chi connectivity index (χ4n) is 1.88. The highest BCUT2D eigenvalue weighted by atomic mass is 32.1. The predicted octanol–water partition coefficient (Wildman–Crippen LogP) is 3.30. The van der Waals surface area contributed by atoms with Crippen LogP contribution in [0.25, 0.3) is 5.69 Å². The average molecular weight is 295 g/mol. The van der Waals surface area contributed by atoms with Crippen LogP contribution in [0.4, 0.5) is 0 Å². The minimum atomic E-state index is -0.191. The van der Waals surface area contributed by atoms with Crippen molar-refractivity contribution in [3.8, 4) is 5.69 Å². The van der Waals surface area contributed by atoms with E-state index in [9.17, 15) is 4.79 Å². The van der Waals surface area contributed by atoms with Crippen molar-refractivity contribution >= 4 is 23.5 Å². The molecule has 0 atom stereocenters. The summed E-state index contributed by atoms with van der Waals surface area (Å²) in [5.74, 6) is -0.191. The van der Waals surface area contributed by atoms with Gasteiger partial charge in [0.15, 0.2) is 0 Å². The first-order valence-electron chi connectivity index (χ1n) is 6.43. The molecular weight excluding hydrogens is 282 g/mol. The fourth-order valence-corrected chi connectivity index (χ4v) is 2.49. The molecule has 0 spiro atoms. The van der Waals surface area contributed by atoms with Crippen LogP contribution in [-0.4, -0.2) is 16.7 Å². The summed E-state index contributed by atoms with van der Waals surface area (Å²) in [5, 5.41) is 5.83. The smallest absolute Gasteiger partial charge is 0.281 e. The summed E-state index contributed by atoms with van der Waals surface area (Å²) in [4.78, 5) is 12.4. The van der Waals surface area contributed by atoms with Crippen molar-refractivity contribution in [3.05, 3.63) is 76.7 Å². The largest absolute Gasteiger partial charge is 0.323 e. The second-order valence-corrected chi connectivity index (χ2v) is 5.31. The summed E-state index contributed by atoms with van der Waals surface area (Å²) in [6, 6.07) is 15.6. The monoisotopic (exact) mass is 295 g/mol. The van der Waals surface area contributed by atoms with E-state index in [1.807, 2.05) is 64.8 Å². The van der Waals surface area contributed by atoms with E-state index in [2.05, 4.69) is 10.5 Å².